The number of nitrogens with one attached hydrogen (secondary N) is 1. The first-order chi connectivity index (χ1) is 9.10. The minimum absolute atomic E-state index is 0.454. The van der Waals surface area contributed by atoms with Crippen LogP contribution in [0.2, 0.25) is 5.02 Å². The number of nitrogens with zero attached hydrogens (tertiary/aromatic N) is 1. The fourth-order valence-corrected chi connectivity index (χ4v) is 2.67. The summed E-state index contributed by atoms with van der Waals surface area (Å²) in [5.41, 5.74) is 2.03. The minimum atomic E-state index is 0.454. The summed E-state index contributed by atoms with van der Waals surface area (Å²) in [7, 11) is 1.64. The Hall–Kier alpha value is -1.10. The molecule has 0 saturated heterocycles. The molecule has 1 N–H and O–H groups in total. The average Bonchev–Trinajstić information content (AvgIpc) is 2.84. The molecule has 0 bridgehead atoms. The van der Waals surface area contributed by atoms with Crippen LogP contribution in [0.1, 0.15) is 19.5 Å². The van der Waals surface area contributed by atoms with Gasteiger partial charge in [0, 0.05) is 23.0 Å². The summed E-state index contributed by atoms with van der Waals surface area (Å²) < 4.78 is 5.35. The number of hydrogen-bond donors (Lipinski definition) is 1. The molecule has 0 fully saturated rings. The van der Waals surface area contributed by atoms with Crippen molar-refractivity contribution < 1.29 is 4.74 Å². The number of rotatable bonds is 5. The molecule has 3 nitrogen and oxygen atoms in total. The highest BCUT2D eigenvalue weighted by molar-refractivity contribution is 7.13. The van der Waals surface area contributed by atoms with E-state index in [1.54, 1.807) is 18.4 Å². The summed E-state index contributed by atoms with van der Waals surface area (Å²) in [5.74, 6) is 0.755. The maximum Gasteiger partial charge on any atom is 0.130 e. The van der Waals surface area contributed by atoms with Gasteiger partial charge in [-0.3, -0.25) is 0 Å². The zero-order chi connectivity index (χ0) is 13.8. The second-order valence-corrected chi connectivity index (χ2v) is 5.82. The van der Waals surface area contributed by atoms with E-state index in [4.69, 9.17) is 16.3 Å². The molecule has 1 aromatic heterocycles. The highest BCUT2D eigenvalue weighted by Crippen LogP contribution is 2.34. The molecule has 1 aromatic carbocycles. The molecular formula is C14H17ClN2OS. The first kappa shape index (κ1) is 14.3. The Labute approximate surface area is 122 Å². The van der Waals surface area contributed by atoms with Gasteiger partial charge >= 0.3 is 0 Å². The summed E-state index contributed by atoms with van der Waals surface area (Å²) in [5, 5.41) is 7.04. The molecule has 5 heteroatoms. The predicted octanol–water partition coefficient (Wildman–Crippen LogP) is 3.97. The van der Waals surface area contributed by atoms with Crippen LogP contribution in [0.25, 0.3) is 10.6 Å². The van der Waals surface area contributed by atoms with Crippen LogP contribution in [-0.4, -0.2) is 18.1 Å². The molecule has 0 unspecified atom stereocenters. The zero-order valence-corrected chi connectivity index (χ0v) is 12.8. The molecule has 1 heterocycles. The third-order valence-corrected chi connectivity index (χ3v) is 3.80. The number of aromatic nitrogens is 1. The van der Waals surface area contributed by atoms with Gasteiger partial charge in [0.2, 0.25) is 0 Å². The van der Waals surface area contributed by atoms with Crippen LogP contribution in [0, 0.1) is 0 Å². The molecule has 0 spiro atoms. The summed E-state index contributed by atoms with van der Waals surface area (Å²) in [6.07, 6.45) is 0. The first-order valence-electron chi connectivity index (χ1n) is 6.12. The second kappa shape index (κ2) is 6.37. The van der Waals surface area contributed by atoms with Gasteiger partial charge in [0.15, 0.2) is 0 Å². The first-order valence-corrected chi connectivity index (χ1v) is 7.37. The van der Waals surface area contributed by atoms with Crippen molar-refractivity contribution in [3.8, 4) is 16.3 Å². The number of hydrogen-bond acceptors (Lipinski definition) is 4. The SMILES string of the molecule is COc1cc(Cl)ccc1-c1nc(CNC(C)C)cs1. The van der Waals surface area contributed by atoms with Crippen molar-refractivity contribution in [1.29, 1.82) is 0 Å². The monoisotopic (exact) mass is 296 g/mol. The topological polar surface area (TPSA) is 34.1 Å². The molecule has 0 saturated carbocycles. The van der Waals surface area contributed by atoms with Crippen LogP contribution in [0.3, 0.4) is 0 Å². The third kappa shape index (κ3) is 3.69. The lowest BCUT2D eigenvalue weighted by molar-refractivity contribution is 0.416. The standard InChI is InChI=1S/C14H17ClN2OS/c1-9(2)16-7-11-8-19-14(17-11)12-5-4-10(15)6-13(12)18-3/h4-6,8-9,16H,7H2,1-3H3. The van der Waals surface area contributed by atoms with Gasteiger partial charge in [0.1, 0.15) is 10.8 Å². The summed E-state index contributed by atoms with van der Waals surface area (Å²) in [6.45, 7) is 5.02. The second-order valence-electron chi connectivity index (χ2n) is 4.52. The van der Waals surface area contributed by atoms with Crippen LogP contribution in [0.5, 0.6) is 5.75 Å². The summed E-state index contributed by atoms with van der Waals surface area (Å²) >= 11 is 7.58. The molecule has 0 aliphatic carbocycles. The maximum absolute atomic E-state index is 5.97. The number of benzene rings is 1. The highest BCUT2D eigenvalue weighted by Gasteiger charge is 2.11. The normalized spacial score (nSPS) is 11.0. The van der Waals surface area contributed by atoms with Gasteiger partial charge in [0.25, 0.3) is 0 Å². The summed E-state index contributed by atoms with van der Waals surface area (Å²) in [4.78, 5) is 4.62. The Morgan fingerprint density at radius 3 is 2.89 bits per heavy atom. The van der Waals surface area contributed by atoms with Gasteiger partial charge in [-0.1, -0.05) is 25.4 Å². The van der Waals surface area contributed by atoms with Crippen LogP contribution in [0.4, 0.5) is 0 Å². The van der Waals surface area contributed by atoms with Crippen molar-refractivity contribution in [2.75, 3.05) is 7.11 Å². The molecule has 0 aliphatic heterocycles. The molecule has 0 atom stereocenters. The van der Waals surface area contributed by atoms with Crippen molar-refractivity contribution in [1.82, 2.24) is 10.3 Å². The van der Waals surface area contributed by atoms with E-state index in [0.717, 1.165) is 28.6 Å². The fourth-order valence-electron chi connectivity index (χ4n) is 1.66. The number of methoxy groups -OCH3 is 1. The highest BCUT2D eigenvalue weighted by atomic mass is 35.5. The molecule has 0 radical (unpaired) electrons. The van der Waals surface area contributed by atoms with E-state index in [2.05, 4.69) is 29.5 Å². The Balaban J connectivity index is 2.22. The Morgan fingerprint density at radius 1 is 1.42 bits per heavy atom. The van der Waals surface area contributed by atoms with E-state index in [1.807, 2.05) is 18.2 Å². The maximum atomic E-state index is 5.97. The van der Waals surface area contributed by atoms with Crippen molar-refractivity contribution in [2.45, 2.75) is 26.4 Å². The van der Waals surface area contributed by atoms with Crippen LogP contribution in [-0.2, 0) is 6.54 Å². The smallest absolute Gasteiger partial charge is 0.130 e. The van der Waals surface area contributed by atoms with E-state index < -0.39 is 0 Å². The van der Waals surface area contributed by atoms with Gasteiger partial charge in [0.05, 0.1) is 18.4 Å². The van der Waals surface area contributed by atoms with Crippen molar-refractivity contribution in [3.63, 3.8) is 0 Å². The molecular weight excluding hydrogens is 280 g/mol. The van der Waals surface area contributed by atoms with E-state index in [9.17, 15) is 0 Å². The van der Waals surface area contributed by atoms with Gasteiger partial charge < -0.3 is 10.1 Å². The molecule has 102 valence electrons. The number of halogens is 1. The molecule has 2 rings (SSSR count). The largest absolute Gasteiger partial charge is 0.496 e. The molecule has 19 heavy (non-hydrogen) atoms. The van der Waals surface area contributed by atoms with Gasteiger partial charge in [-0.2, -0.15) is 0 Å². The van der Waals surface area contributed by atoms with Crippen molar-refractivity contribution >= 4 is 22.9 Å². The number of ether oxygens (including phenoxy) is 1. The van der Waals surface area contributed by atoms with E-state index in [-0.39, 0.29) is 0 Å². The van der Waals surface area contributed by atoms with Crippen LogP contribution < -0.4 is 10.1 Å². The predicted molar refractivity (Wildman–Crippen MR) is 81.1 cm³/mol. The van der Waals surface area contributed by atoms with Gasteiger partial charge in [-0.25, -0.2) is 4.98 Å². The van der Waals surface area contributed by atoms with E-state index in [1.165, 1.54) is 0 Å². The lowest BCUT2D eigenvalue weighted by atomic mass is 10.2. The minimum Gasteiger partial charge on any atom is -0.496 e. The fraction of sp³-hybridized carbons (Fsp3) is 0.357. The Bertz CT molecular complexity index is 554. The van der Waals surface area contributed by atoms with Crippen molar-refractivity contribution in [3.05, 3.63) is 34.3 Å². The lowest BCUT2D eigenvalue weighted by Crippen LogP contribution is -2.21. The van der Waals surface area contributed by atoms with E-state index in [0.29, 0.717) is 11.1 Å². The van der Waals surface area contributed by atoms with Gasteiger partial charge in [-0.15, -0.1) is 11.3 Å². The average molecular weight is 297 g/mol. The lowest BCUT2D eigenvalue weighted by Gasteiger charge is -2.06. The molecule has 0 aliphatic rings. The number of thiazole rings is 1. The molecule has 0 amide bonds. The van der Waals surface area contributed by atoms with Crippen LogP contribution >= 0.6 is 22.9 Å². The quantitative estimate of drug-likeness (QED) is 0.906. The Kier molecular flexibility index (Phi) is 4.80. The third-order valence-electron chi connectivity index (χ3n) is 2.64. The van der Waals surface area contributed by atoms with Crippen LogP contribution in [0.15, 0.2) is 23.6 Å². The van der Waals surface area contributed by atoms with Gasteiger partial charge in [-0.05, 0) is 18.2 Å². The Morgan fingerprint density at radius 2 is 2.21 bits per heavy atom. The summed E-state index contributed by atoms with van der Waals surface area (Å²) in [6, 6.07) is 6.06. The van der Waals surface area contributed by atoms with Crippen molar-refractivity contribution in [2.24, 2.45) is 0 Å². The van der Waals surface area contributed by atoms with E-state index >= 15 is 0 Å². The zero-order valence-electron chi connectivity index (χ0n) is 11.2. The molecule has 2 aromatic rings.